The predicted molar refractivity (Wildman–Crippen MR) is 204 cm³/mol. The fourth-order valence-corrected chi connectivity index (χ4v) is 7.80. The summed E-state index contributed by atoms with van der Waals surface area (Å²) in [4.78, 5) is 32.4. The van der Waals surface area contributed by atoms with E-state index in [1.54, 1.807) is 24.3 Å². The van der Waals surface area contributed by atoms with Crippen molar-refractivity contribution in [2.24, 2.45) is 5.92 Å². The lowest BCUT2D eigenvalue weighted by atomic mass is 9.89. The fraction of sp³-hybridized carbons (Fsp3) is 0.289. The zero-order chi connectivity index (χ0) is 36.3. The van der Waals surface area contributed by atoms with Gasteiger partial charge in [-0.2, -0.15) is 0 Å². The first-order valence-corrected chi connectivity index (χ1v) is 18.6. The summed E-state index contributed by atoms with van der Waals surface area (Å²) in [6.07, 6.45) is -0.771. The lowest BCUT2D eigenvalue weighted by molar-refractivity contribution is -0.276. The maximum absolute atomic E-state index is 13.0. The van der Waals surface area contributed by atoms with Gasteiger partial charge in [-0.25, -0.2) is 0 Å². The van der Waals surface area contributed by atoms with Gasteiger partial charge in [0.25, 0.3) is 11.8 Å². The largest absolute Gasteiger partial charge is 0.392 e. The van der Waals surface area contributed by atoms with Crippen LogP contribution in [0.15, 0.2) is 127 Å². The number of aliphatic hydroxyl groups excluding tert-OH is 1. The molecule has 270 valence electrons. The van der Waals surface area contributed by atoms with Crippen LogP contribution in [0.3, 0.4) is 0 Å². The molecule has 0 saturated carbocycles. The van der Waals surface area contributed by atoms with Crippen molar-refractivity contribution >= 4 is 11.8 Å². The van der Waals surface area contributed by atoms with E-state index in [2.05, 4.69) is 83.5 Å². The third-order valence-electron chi connectivity index (χ3n) is 10.9. The molecule has 0 aliphatic carbocycles. The molecule has 0 aromatic heterocycles. The second-order valence-electron chi connectivity index (χ2n) is 14.4. The van der Waals surface area contributed by atoms with Gasteiger partial charge in [0.05, 0.1) is 36.5 Å². The molecule has 8 nitrogen and oxygen atoms in total. The standard InChI is InChI=1S/C45H45N3O5/c1-31-41(29-47-24-22-46(23-25-47)27-32-8-3-2-4-9-32)52-45(53-42(31)36-16-14-33(30-49)15-17-36)37-20-18-35(19-21-37)38-11-7-10-34(26-38)28-48-43(50)39-12-5-6-13-40(39)44(48)51/h2-21,26,31,41-42,45,49H,22-25,27-30H2,1H3/t31-,41+,42+,45+/m0/s1. The maximum atomic E-state index is 13.0. The Hall–Kier alpha value is -4.96. The summed E-state index contributed by atoms with van der Waals surface area (Å²) in [6, 6.07) is 42.0. The van der Waals surface area contributed by atoms with Crippen LogP contribution in [0.2, 0.25) is 0 Å². The number of aliphatic hydroxyl groups is 1. The molecular weight excluding hydrogens is 663 g/mol. The van der Waals surface area contributed by atoms with Crippen molar-refractivity contribution in [1.82, 2.24) is 14.7 Å². The number of piperazine rings is 1. The number of nitrogens with zero attached hydrogens (tertiary/aromatic N) is 3. The minimum atomic E-state index is -0.549. The van der Waals surface area contributed by atoms with Crippen molar-refractivity contribution in [3.63, 3.8) is 0 Å². The smallest absolute Gasteiger partial charge is 0.261 e. The average Bonchev–Trinajstić information content (AvgIpc) is 3.44. The highest BCUT2D eigenvalue weighted by molar-refractivity contribution is 6.21. The maximum Gasteiger partial charge on any atom is 0.261 e. The Labute approximate surface area is 311 Å². The average molecular weight is 708 g/mol. The van der Waals surface area contributed by atoms with Gasteiger partial charge in [-0.3, -0.25) is 24.3 Å². The van der Waals surface area contributed by atoms with Crippen molar-refractivity contribution in [3.8, 4) is 11.1 Å². The minimum Gasteiger partial charge on any atom is -0.392 e. The van der Waals surface area contributed by atoms with E-state index in [0.717, 1.165) is 72.6 Å². The zero-order valence-electron chi connectivity index (χ0n) is 30.0. The van der Waals surface area contributed by atoms with Crippen LogP contribution in [-0.2, 0) is 29.2 Å². The number of fused-ring (bicyclic) bond motifs is 1. The zero-order valence-corrected chi connectivity index (χ0v) is 30.0. The number of carbonyl (C=O) groups is 2. The van der Waals surface area contributed by atoms with Crippen molar-refractivity contribution < 1.29 is 24.2 Å². The van der Waals surface area contributed by atoms with Crippen LogP contribution in [0.4, 0.5) is 0 Å². The van der Waals surface area contributed by atoms with E-state index < -0.39 is 6.29 Å². The topological polar surface area (TPSA) is 82.6 Å². The van der Waals surface area contributed by atoms with Gasteiger partial charge in [0, 0.05) is 50.7 Å². The molecule has 3 aliphatic rings. The van der Waals surface area contributed by atoms with E-state index in [0.29, 0.717) is 11.1 Å². The number of rotatable bonds is 10. The molecule has 4 atom stereocenters. The van der Waals surface area contributed by atoms with E-state index in [1.165, 1.54) is 10.5 Å². The van der Waals surface area contributed by atoms with E-state index in [1.807, 2.05) is 36.4 Å². The lowest BCUT2D eigenvalue weighted by Crippen LogP contribution is -2.51. The van der Waals surface area contributed by atoms with E-state index in [-0.39, 0.29) is 43.1 Å². The van der Waals surface area contributed by atoms with Gasteiger partial charge in [-0.05, 0) is 51.6 Å². The van der Waals surface area contributed by atoms with Gasteiger partial charge < -0.3 is 14.6 Å². The second-order valence-corrected chi connectivity index (χ2v) is 14.4. The Bertz CT molecular complexity index is 2010. The van der Waals surface area contributed by atoms with Crippen LogP contribution < -0.4 is 0 Å². The number of hydrogen-bond donors (Lipinski definition) is 1. The molecule has 0 spiro atoms. The third kappa shape index (κ3) is 7.60. The highest BCUT2D eigenvalue weighted by Gasteiger charge is 2.40. The number of imide groups is 1. The summed E-state index contributed by atoms with van der Waals surface area (Å²) in [5.41, 5.74) is 8.05. The number of hydrogen-bond acceptors (Lipinski definition) is 7. The Kier molecular flexibility index (Phi) is 10.3. The molecule has 0 unspecified atom stereocenters. The SMILES string of the molecule is C[C@H]1[C@@H](CN2CCN(Cc3ccccc3)CC2)O[C@@H](c2ccc(-c3cccc(CN4C(=O)c5ccccc5C4=O)c3)cc2)O[C@H]1c1ccc(CO)cc1. The van der Waals surface area contributed by atoms with Gasteiger partial charge in [-0.15, -0.1) is 0 Å². The molecule has 2 fully saturated rings. The number of benzene rings is 5. The van der Waals surface area contributed by atoms with Crippen molar-refractivity contribution in [1.29, 1.82) is 0 Å². The Morgan fingerprint density at radius 3 is 1.91 bits per heavy atom. The third-order valence-corrected chi connectivity index (χ3v) is 10.9. The van der Waals surface area contributed by atoms with Crippen LogP contribution >= 0.6 is 0 Å². The molecule has 3 aliphatic heterocycles. The monoisotopic (exact) mass is 707 g/mol. The van der Waals surface area contributed by atoms with Gasteiger partial charge in [0.2, 0.25) is 0 Å². The van der Waals surface area contributed by atoms with Crippen LogP contribution in [0, 0.1) is 5.92 Å². The Morgan fingerprint density at radius 1 is 0.604 bits per heavy atom. The quantitative estimate of drug-likeness (QED) is 0.153. The van der Waals surface area contributed by atoms with E-state index >= 15 is 0 Å². The number of ether oxygens (including phenoxy) is 2. The summed E-state index contributed by atoms with van der Waals surface area (Å²) in [6.45, 7) is 8.24. The van der Waals surface area contributed by atoms with E-state index in [4.69, 9.17) is 9.47 Å². The summed E-state index contributed by atoms with van der Waals surface area (Å²) in [5.74, 6) is -0.403. The van der Waals surface area contributed by atoms with Gasteiger partial charge in [-0.1, -0.05) is 116 Å². The highest BCUT2D eigenvalue weighted by Crippen LogP contribution is 2.42. The molecule has 53 heavy (non-hydrogen) atoms. The second kappa shape index (κ2) is 15.6. The van der Waals surface area contributed by atoms with Gasteiger partial charge in [0.15, 0.2) is 6.29 Å². The molecule has 5 aromatic rings. The van der Waals surface area contributed by atoms with Crippen molar-refractivity contribution in [3.05, 3.63) is 166 Å². The number of carbonyl (C=O) groups excluding carboxylic acids is 2. The normalized spacial score (nSPS) is 22.3. The molecule has 1 N–H and O–H groups in total. The lowest BCUT2D eigenvalue weighted by Gasteiger charge is -2.44. The highest BCUT2D eigenvalue weighted by atomic mass is 16.7. The van der Waals surface area contributed by atoms with Gasteiger partial charge >= 0.3 is 0 Å². The molecule has 0 radical (unpaired) electrons. The van der Waals surface area contributed by atoms with Crippen molar-refractivity contribution in [2.45, 2.75) is 45.1 Å². The molecule has 3 heterocycles. The Balaban J connectivity index is 0.970. The molecule has 8 heteroatoms. The molecular formula is C45H45N3O5. The van der Waals surface area contributed by atoms with Crippen LogP contribution in [0.25, 0.3) is 11.1 Å². The summed E-state index contributed by atoms with van der Waals surface area (Å²) >= 11 is 0. The minimum absolute atomic E-state index is 0.00396. The molecule has 2 saturated heterocycles. The Morgan fingerprint density at radius 2 is 1.23 bits per heavy atom. The van der Waals surface area contributed by atoms with E-state index in [9.17, 15) is 14.7 Å². The summed E-state index contributed by atoms with van der Waals surface area (Å²) in [7, 11) is 0. The first-order valence-electron chi connectivity index (χ1n) is 18.6. The summed E-state index contributed by atoms with van der Waals surface area (Å²) < 4.78 is 13.6. The number of amides is 2. The van der Waals surface area contributed by atoms with Crippen LogP contribution in [-0.4, -0.2) is 70.4 Å². The molecule has 2 amide bonds. The van der Waals surface area contributed by atoms with Crippen LogP contribution in [0.5, 0.6) is 0 Å². The van der Waals surface area contributed by atoms with Crippen molar-refractivity contribution in [2.75, 3.05) is 32.7 Å². The first kappa shape index (κ1) is 35.1. The molecule has 5 aromatic carbocycles. The predicted octanol–water partition coefficient (Wildman–Crippen LogP) is 7.25. The van der Waals surface area contributed by atoms with Gasteiger partial charge in [0.1, 0.15) is 0 Å². The molecule has 0 bridgehead atoms. The fourth-order valence-electron chi connectivity index (χ4n) is 7.80. The first-order chi connectivity index (χ1) is 25.9. The summed E-state index contributed by atoms with van der Waals surface area (Å²) in [5, 5.41) is 9.66. The molecule has 8 rings (SSSR count). The van der Waals surface area contributed by atoms with Crippen LogP contribution in [0.1, 0.15) is 67.9 Å².